The van der Waals surface area contributed by atoms with E-state index in [2.05, 4.69) is 15.0 Å². The van der Waals surface area contributed by atoms with E-state index in [1.807, 2.05) is 0 Å². The number of aromatic nitrogens is 3. The van der Waals surface area contributed by atoms with Gasteiger partial charge in [0.25, 0.3) is 5.56 Å². The van der Waals surface area contributed by atoms with E-state index < -0.39 is 11.5 Å². The lowest BCUT2D eigenvalue weighted by Gasteiger charge is -2.07. The highest BCUT2D eigenvalue weighted by Gasteiger charge is 2.17. The number of methoxy groups -OCH3 is 1. The topological polar surface area (TPSA) is 84.9 Å². The zero-order valence-corrected chi connectivity index (χ0v) is 14.3. The second-order valence-corrected chi connectivity index (χ2v) is 6.26. The highest BCUT2D eigenvalue weighted by Crippen LogP contribution is 2.21. The lowest BCUT2D eigenvalue weighted by molar-refractivity contribution is 0.0602. The molecule has 0 bridgehead atoms. The third-order valence-electron chi connectivity index (χ3n) is 3.45. The van der Waals surface area contributed by atoms with Crippen molar-refractivity contribution in [1.82, 2.24) is 15.0 Å². The summed E-state index contributed by atoms with van der Waals surface area (Å²) in [6, 6.07) is 7.68. The minimum Gasteiger partial charge on any atom is -0.465 e. The van der Waals surface area contributed by atoms with Gasteiger partial charge >= 0.3 is 5.97 Å². The number of H-pyrrole nitrogens is 1. The molecule has 0 aliphatic carbocycles. The summed E-state index contributed by atoms with van der Waals surface area (Å²) in [5.74, 6) is -0.511. The second-order valence-electron chi connectivity index (χ2n) is 5.29. The number of rotatable bonds is 4. The van der Waals surface area contributed by atoms with Crippen molar-refractivity contribution in [3.63, 3.8) is 0 Å². The fourth-order valence-corrected chi connectivity index (χ4v) is 3.16. The monoisotopic (exact) mass is 359 g/mol. The highest BCUT2D eigenvalue weighted by atomic mass is 32.2. The van der Waals surface area contributed by atoms with Crippen molar-refractivity contribution in [1.29, 1.82) is 0 Å². The van der Waals surface area contributed by atoms with E-state index in [1.165, 1.54) is 37.1 Å². The van der Waals surface area contributed by atoms with Crippen LogP contribution in [0.4, 0.5) is 4.39 Å². The molecule has 1 N–H and O–H groups in total. The average Bonchev–Trinajstić information content (AvgIpc) is 2.58. The normalized spacial score (nSPS) is 10.8. The molecule has 0 fully saturated rings. The average molecular weight is 359 g/mol. The number of aromatic amines is 1. The van der Waals surface area contributed by atoms with E-state index >= 15 is 0 Å². The van der Waals surface area contributed by atoms with Crippen LogP contribution in [0.25, 0.3) is 11.0 Å². The molecular formula is C17H14FN3O3S. The molecule has 0 saturated heterocycles. The summed E-state index contributed by atoms with van der Waals surface area (Å²) in [6.07, 6.45) is 0. The van der Waals surface area contributed by atoms with Crippen LogP contribution >= 0.6 is 11.8 Å². The first-order chi connectivity index (χ1) is 12.0. The third kappa shape index (κ3) is 3.69. The number of benzene rings is 1. The van der Waals surface area contributed by atoms with Gasteiger partial charge in [0, 0.05) is 11.4 Å². The van der Waals surface area contributed by atoms with Gasteiger partial charge in [0.2, 0.25) is 0 Å². The number of pyridine rings is 1. The molecule has 3 rings (SSSR count). The van der Waals surface area contributed by atoms with Gasteiger partial charge < -0.3 is 9.72 Å². The van der Waals surface area contributed by atoms with Crippen LogP contribution in [0.2, 0.25) is 0 Å². The lowest BCUT2D eigenvalue weighted by Crippen LogP contribution is -2.16. The number of carbonyl (C=O) groups is 1. The molecule has 0 saturated carbocycles. The first-order valence-electron chi connectivity index (χ1n) is 7.35. The first-order valence-corrected chi connectivity index (χ1v) is 8.33. The zero-order chi connectivity index (χ0) is 18.0. The molecular weight excluding hydrogens is 345 g/mol. The van der Waals surface area contributed by atoms with E-state index in [4.69, 9.17) is 4.74 Å². The predicted octanol–water partition coefficient (Wildman–Crippen LogP) is 2.84. The van der Waals surface area contributed by atoms with Gasteiger partial charge in [-0.2, -0.15) is 0 Å². The Morgan fingerprint density at radius 3 is 2.84 bits per heavy atom. The van der Waals surface area contributed by atoms with E-state index in [0.717, 1.165) is 5.56 Å². The van der Waals surface area contributed by atoms with Crippen molar-refractivity contribution >= 4 is 28.8 Å². The Hall–Kier alpha value is -2.74. The molecule has 2 heterocycles. The number of hydrogen-bond acceptors (Lipinski definition) is 6. The second kappa shape index (κ2) is 7.02. The Labute approximate surface area is 146 Å². The molecule has 8 heteroatoms. The molecule has 25 heavy (non-hydrogen) atoms. The number of nitrogens with zero attached hydrogens (tertiary/aromatic N) is 2. The van der Waals surface area contributed by atoms with Gasteiger partial charge in [-0.25, -0.2) is 19.2 Å². The Morgan fingerprint density at radius 2 is 2.12 bits per heavy atom. The smallest absolute Gasteiger partial charge is 0.338 e. The lowest BCUT2D eigenvalue weighted by atomic mass is 10.1. The molecule has 128 valence electrons. The van der Waals surface area contributed by atoms with E-state index in [0.29, 0.717) is 16.6 Å². The maximum atomic E-state index is 13.2. The number of halogens is 1. The summed E-state index contributed by atoms with van der Waals surface area (Å²) in [7, 11) is 1.24. The van der Waals surface area contributed by atoms with Gasteiger partial charge in [0.05, 0.1) is 18.1 Å². The molecule has 0 spiro atoms. The number of thioether (sulfide) groups is 1. The molecule has 0 unspecified atom stereocenters. The Balaban J connectivity index is 1.99. The molecule has 6 nitrogen and oxygen atoms in total. The summed E-state index contributed by atoms with van der Waals surface area (Å²) >= 11 is 1.25. The zero-order valence-electron chi connectivity index (χ0n) is 13.5. The van der Waals surface area contributed by atoms with Crippen LogP contribution < -0.4 is 5.56 Å². The summed E-state index contributed by atoms with van der Waals surface area (Å²) < 4.78 is 17.9. The molecule has 1 aromatic carbocycles. The fraction of sp³-hybridized carbons (Fsp3) is 0.176. The van der Waals surface area contributed by atoms with Gasteiger partial charge in [0.1, 0.15) is 5.82 Å². The first kappa shape index (κ1) is 17.1. The van der Waals surface area contributed by atoms with E-state index in [-0.39, 0.29) is 22.4 Å². The van der Waals surface area contributed by atoms with Crippen molar-refractivity contribution in [2.45, 2.75) is 17.8 Å². The minimum absolute atomic E-state index is 0.0903. The molecule has 3 aromatic rings. The Morgan fingerprint density at radius 1 is 1.32 bits per heavy atom. The highest BCUT2D eigenvalue weighted by molar-refractivity contribution is 7.98. The van der Waals surface area contributed by atoms with Crippen LogP contribution in [-0.4, -0.2) is 28.0 Å². The fourth-order valence-electron chi connectivity index (χ4n) is 2.36. The van der Waals surface area contributed by atoms with Gasteiger partial charge in [-0.3, -0.25) is 4.79 Å². The van der Waals surface area contributed by atoms with Crippen LogP contribution in [0.3, 0.4) is 0 Å². The molecule has 2 aromatic heterocycles. The van der Waals surface area contributed by atoms with Gasteiger partial charge in [-0.1, -0.05) is 23.9 Å². The van der Waals surface area contributed by atoms with Crippen LogP contribution in [0.15, 0.2) is 40.3 Å². The molecule has 0 aliphatic rings. The van der Waals surface area contributed by atoms with Gasteiger partial charge in [-0.15, -0.1) is 0 Å². The van der Waals surface area contributed by atoms with E-state index in [9.17, 15) is 14.0 Å². The molecule has 0 atom stereocenters. The maximum Gasteiger partial charge on any atom is 0.338 e. The van der Waals surface area contributed by atoms with Crippen LogP contribution in [0.1, 0.15) is 21.6 Å². The SMILES string of the molecule is COC(=O)c1cc(C)nc2nc(SCc3cccc(F)c3)[nH]c(=O)c12. The number of ether oxygens (including phenoxy) is 1. The molecule has 0 radical (unpaired) electrons. The number of hydrogen-bond donors (Lipinski definition) is 1. The van der Waals surface area contributed by atoms with Crippen LogP contribution in [-0.2, 0) is 10.5 Å². The maximum absolute atomic E-state index is 13.2. The van der Waals surface area contributed by atoms with Crippen molar-refractivity contribution < 1.29 is 13.9 Å². The Bertz CT molecular complexity index is 1020. The number of fused-ring (bicyclic) bond motifs is 1. The summed E-state index contributed by atoms with van der Waals surface area (Å²) in [4.78, 5) is 35.5. The van der Waals surface area contributed by atoms with Gasteiger partial charge in [0.15, 0.2) is 10.8 Å². The third-order valence-corrected chi connectivity index (χ3v) is 4.40. The van der Waals surface area contributed by atoms with Crippen molar-refractivity contribution in [3.05, 3.63) is 63.3 Å². The summed E-state index contributed by atoms with van der Waals surface area (Å²) in [5.41, 5.74) is 1.14. The standard InChI is InChI=1S/C17H14FN3O3S/c1-9-6-12(16(23)24-2)13-14(19-9)20-17(21-15(13)22)25-8-10-4-3-5-11(18)7-10/h3-7H,8H2,1-2H3,(H,19,20,21,22). The van der Waals surface area contributed by atoms with Crippen molar-refractivity contribution in [3.8, 4) is 0 Å². The van der Waals surface area contributed by atoms with E-state index in [1.54, 1.807) is 19.1 Å². The summed E-state index contributed by atoms with van der Waals surface area (Å²) in [5, 5.41) is 0.434. The predicted molar refractivity (Wildman–Crippen MR) is 92.2 cm³/mol. The minimum atomic E-state index is -0.622. The van der Waals surface area contributed by atoms with Crippen molar-refractivity contribution in [2.75, 3.05) is 7.11 Å². The number of nitrogens with one attached hydrogen (secondary N) is 1. The Kier molecular flexibility index (Phi) is 4.80. The van der Waals surface area contributed by atoms with Crippen LogP contribution in [0.5, 0.6) is 0 Å². The number of carbonyl (C=O) groups excluding carboxylic acids is 1. The number of aryl methyl sites for hydroxylation is 1. The molecule has 0 aliphatic heterocycles. The van der Waals surface area contributed by atoms with Gasteiger partial charge in [-0.05, 0) is 30.7 Å². The van der Waals surface area contributed by atoms with Crippen LogP contribution in [0, 0.1) is 12.7 Å². The number of esters is 1. The largest absolute Gasteiger partial charge is 0.465 e. The quantitative estimate of drug-likeness (QED) is 0.438. The van der Waals surface area contributed by atoms with Crippen molar-refractivity contribution in [2.24, 2.45) is 0 Å². The molecule has 0 amide bonds. The summed E-state index contributed by atoms with van der Waals surface area (Å²) in [6.45, 7) is 1.70.